The number of fused-ring (bicyclic) bond motifs is 1. The topological polar surface area (TPSA) is 79.8 Å². The number of nitrogens with zero attached hydrogens (tertiary/aromatic N) is 3. The van der Waals surface area contributed by atoms with Gasteiger partial charge in [-0.2, -0.15) is 0 Å². The molecule has 0 unspecified atom stereocenters. The standard InChI is InChI=1S/C31H33N3O4S/c1-2-38-28-15-11-24(12-16-28)22-33-18-5-19-34(21-20-33)31(35)27-13-9-25(10-14-27)23-39(36,37)29-8-3-6-26-7-4-17-32-30(26)29/h3-4,6-17H,2,5,18-23H2,1H3. The van der Waals surface area contributed by atoms with Gasteiger partial charge >= 0.3 is 0 Å². The maximum absolute atomic E-state index is 13.2. The van der Waals surface area contributed by atoms with Crippen molar-refractivity contribution in [2.75, 3.05) is 32.8 Å². The lowest BCUT2D eigenvalue weighted by atomic mass is 10.1. The predicted molar refractivity (Wildman–Crippen MR) is 152 cm³/mol. The van der Waals surface area contributed by atoms with E-state index in [4.69, 9.17) is 4.74 Å². The molecule has 0 bridgehead atoms. The van der Waals surface area contributed by atoms with Gasteiger partial charge in [-0.25, -0.2) is 8.42 Å². The summed E-state index contributed by atoms with van der Waals surface area (Å²) in [6, 6.07) is 24.0. The summed E-state index contributed by atoms with van der Waals surface area (Å²) in [7, 11) is -3.61. The molecular weight excluding hydrogens is 510 g/mol. The first-order valence-corrected chi connectivity index (χ1v) is 15.0. The van der Waals surface area contributed by atoms with Crippen molar-refractivity contribution in [3.63, 3.8) is 0 Å². The number of benzene rings is 3. The summed E-state index contributed by atoms with van der Waals surface area (Å²) < 4.78 is 31.9. The van der Waals surface area contributed by atoms with Gasteiger partial charge in [-0.3, -0.25) is 14.7 Å². The molecule has 0 spiro atoms. The highest BCUT2D eigenvalue weighted by atomic mass is 32.2. The van der Waals surface area contributed by atoms with Crippen molar-refractivity contribution in [2.24, 2.45) is 0 Å². The molecule has 1 amide bonds. The number of sulfone groups is 1. The molecule has 4 aromatic rings. The SMILES string of the molecule is CCOc1ccc(CN2CCCN(C(=O)c3ccc(CS(=O)(=O)c4cccc5cccnc45)cc3)CC2)cc1. The van der Waals surface area contributed by atoms with Gasteiger partial charge in [-0.05, 0) is 60.9 Å². The van der Waals surface area contributed by atoms with Crippen LogP contribution in [0.1, 0.15) is 34.8 Å². The molecule has 0 atom stereocenters. The van der Waals surface area contributed by atoms with E-state index in [-0.39, 0.29) is 16.6 Å². The Kier molecular flexibility index (Phi) is 8.24. The van der Waals surface area contributed by atoms with Crippen LogP contribution in [0.15, 0.2) is 90.0 Å². The number of rotatable bonds is 8. The molecule has 2 heterocycles. The van der Waals surface area contributed by atoms with E-state index < -0.39 is 9.84 Å². The van der Waals surface area contributed by atoms with Crippen molar-refractivity contribution in [3.8, 4) is 5.75 Å². The average molecular weight is 544 g/mol. The monoisotopic (exact) mass is 543 g/mol. The molecule has 0 radical (unpaired) electrons. The summed E-state index contributed by atoms with van der Waals surface area (Å²) in [5.41, 5.74) is 2.91. The second kappa shape index (κ2) is 12.0. The summed E-state index contributed by atoms with van der Waals surface area (Å²) in [5.74, 6) is 0.704. The Morgan fingerprint density at radius 3 is 2.38 bits per heavy atom. The summed E-state index contributed by atoms with van der Waals surface area (Å²) in [6.07, 6.45) is 2.50. The zero-order valence-electron chi connectivity index (χ0n) is 22.1. The van der Waals surface area contributed by atoms with Gasteiger partial charge in [-0.15, -0.1) is 0 Å². The van der Waals surface area contributed by atoms with E-state index in [9.17, 15) is 13.2 Å². The highest BCUT2D eigenvalue weighted by Gasteiger charge is 2.22. The molecule has 5 rings (SSSR count). The summed E-state index contributed by atoms with van der Waals surface area (Å²) in [5, 5.41) is 0.787. The minimum absolute atomic E-state index is 0.0226. The fraction of sp³-hybridized carbons (Fsp3) is 0.290. The van der Waals surface area contributed by atoms with Gasteiger partial charge in [0.25, 0.3) is 5.91 Å². The molecule has 1 saturated heterocycles. The number of hydrogen-bond donors (Lipinski definition) is 0. The number of hydrogen-bond acceptors (Lipinski definition) is 6. The van der Waals surface area contributed by atoms with E-state index in [0.717, 1.165) is 37.2 Å². The van der Waals surface area contributed by atoms with Crippen LogP contribution >= 0.6 is 0 Å². The van der Waals surface area contributed by atoms with E-state index in [2.05, 4.69) is 22.0 Å². The van der Waals surface area contributed by atoms with Gasteiger partial charge in [0.1, 0.15) is 5.75 Å². The van der Waals surface area contributed by atoms with Crippen LogP contribution in [-0.4, -0.2) is 61.9 Å². The van der Waals surface area contributed by atoms with Crippen molar-refractivity contribution < 1.29 is 17.9 Å². The number of ether oxygens (including phenoxy) is 1. The second-order valence-corrected chi connectivity index (χ2v) is 11.7. The molecule has 202 valence electrons. The minimum Gasteiger partial charge on any atom is -0.494 e. The van der Waals surface area contributed by atoms with E-state index >= 15 is 0 Å². The lowest BCUT2D eigenvalue weighted by Crippen LogP contribution is -2.35. The van der Waals surface area contributed by atoms with Crippen molar-refractivity contribution in [1.29, 1.82) is 0 Å². The Morgan fingerprint density at radius 1 is 0.872 bits per heavy atom. The van der Waals surface area contributed by atoms with Crippen LogP contribution in [0.5, 0.6) is 5.75 Å². The number of pyridine rings is 1. The fourth-order valence-corrected chi connectivity index (χ4v) is 6.54. The first-order valence-electron chi connectivity index (χ1n) is 13.3. The molecule has 0 aliphatic carbocycles. The van der Waals surface area contributed by atoms with Crippen LogP contribution < -0.4 is 4.74 Å². The smallest absolute Gasteiger partial charge is 0.253 e. The fourth-order valence-electron chi connectivity index (χ4n) is 5.00. The third-order valence-corrected chi connectivity index (χ3v) is 8.72. The highest BCUT2D eigenvalue weighted by Crippen LogP contribution is 2.24. The summed E-state index contributed by atoms with van der Waals surface area (Å²) >= 11 is 0. The van der Waals surface area contributed by atoms with Gasteiger partial charge in [0, 0.05) is 49.9 Å². The first kappa shape index (κ1) is 26.8. The number of aromatic nitrogens is 1. The largest absolute Gasteiger partial charge is 0.494 e. The molecular formula is C31H33N3O4S. The zero-order chi connectivity index (χ0) is 27.2. The van der Waals surface area contributed by atoms with E-state index in [1.807, 2.05) is 36.1 Å². The number of amides is 1. The lowest BCUT2D eigenvalue weighted by Gasteiger charge is -2.22. The van der Waals surface area contributed by atoms with Crippen LogP contribution in [0.25, 0.3) is 10.9 Å². The summed E-state index contributed by atoms with van der Waals surface area (Å²) in [6.45, 7) is 6.54. The highest BCUT2D eigenvalue weighted by molar-refractivity contribution is 7.90. The van der Waals surface area contributed by atoms with E-state index in [1.54, 1.807) is 48.7 Å². The molecule has 1 aliphatic rings. The average Bonchev–Trinajstić information content (AvgIpc) is 3.19. The predicted octanol–water partition coefficient (Wildman–Crippen LogP) is 4.96. The van der Waals surface area contributed by atoms with Crippen molar-refractivity contribution in [2.45, 2.75) is 30.5 Å². The molecule has 1 aliphatic heterocycles. The quantitative estimate of drug-likeness (QED) is 0.313. The maximum atomic E-state index is 13.2. The maximum Gasteiger partial charge on any atom is 0.253 e. The van der Waals surface area contributed by atoms with Crippen molar-refractivity contribution in [3.05, 3.63) is 102 Å². The van der Waals surface area contributed by atoms with Crippen LogP contribution in [0.4, 0.5) is 0 Å². The molecule has 7 nitrogen and oxygen atoms in total. The zero-order valence-corrected chi connectivity index (χ0v) is 22.9. The van der Waals surface area contributed by atoms with Crippen LogP contribution in [-0.2, 0) is 22.1 Å². The van der Waals surface area contributed by atoms with Crippen molar-refractivity contribution in [1.82, 2.24) is 14.8 Å². The Balaban J connectivity index is 1.20. The minimum atomic E-state index is -3.61. The second-order valence-electron chi connectivity index (χ2n) is 9.79. The van der Waals surface area contributed by atoms with Gasteiger partial charge < -0.3 is 9.64 Å². The molecule has 0 saturated carbocycles. The molecule has 8 heteroatoms. The molecule has 39 heavy (non-hydrogen) atoms. The molecule has 0 N–H and O–H groups in total. The third-order valence-electron chi connectivity index (χ3n) is 7.00. The van der Waals surface area contributed by atoms with Crippen molar-refractivity contribution >= 4 is 26.6 Å². The Bertz CT molecular complexity index is 1530. The first-order chi connectivity index (χ1) is 18.9. The van der Waals surface area contributed by atoms with Crippen LogP contribution in [0.2, 0.25) is 0 Å². The van der Waals surface area contributed by atoms with Gasteiger partial charge in [0.2, 0.25) is 0 Å². The lowest BCUT2D eigenvalue weighted by molar-refractivity contribution is 0.0761. The van der Waals surface area contributed by atoms with E-state index in [0.29, 0.717) is 36.3 Å². The molecule has 1 fully saturated rings. The van der Waals surface area contributed by atoms with Crippen LogP contribution in [0.3, 0.4) is 0 Å². The normalized spacial score (nSPS) is 14.7. The third kappa shape index (κ3) is 6.46. The van der Waals surface area contributed by atoms with Gasteiger partial charge in [0.05, 0.1) is 22.8 Å². The number of carbonyl (C=O) groups is 1. The van der Waals surface area contributed by atoms with Gasteiger partial charge in [0.15, 0.2) is 9.84 Å². The number of para-hydroxylation sites is 1. The van der Waals surface area contributed by atoms with E-state index in [1.165, 1.54) is 5.56 Å². The Hall–Kier alpha value is -3.75. The Labute approximate surface area is 230 Å². The molecule has 3 aromatic carbocycles. The molecule has 1 aromatic heterocycles. The van der Waals surface area contributed by atoms with Crippen LogP contribution in [0, 0.1) is 0 Å². The summed E-state index contributed by atoms with van der Waals surface area (Å²) in [4.78, 5) is 22.0. The van der Waals surface area contributed by atoms with Gasteiger partial charge in [-0.1, -0.05) is 42.5 Å². The number of carbonyl (C=O) groups excluding carboxylic acids is 1. The Morgan fingerprint density at radius 2 is 1.62 bits per heavy atom.